The molecular weight excluding hydrogens is 375 g/mol. The highest BCUT2D eigenvalue weighted by molar-refractivity contribution is 5.96. The fourth-order valence-electron chi connectivity index (χ4n) is 2.86. The van der Waals surface area contributed by atoms with E-state index in [4.69, 9.17) is 0 Å². The molecule has 1 aromatic carbocycles. The number of rotatable bonds is 3. The normalized spacial score (nSPS) is 19.3. The maximum Gasteiger partial charge on any atom is 0.433 e. The Kier molecular flexibility index (Phi) is 5.61. The number of nitrogens with zero attached hydrogens (tertiary/aromatic N) is 1. The highest BCUT2D eigenvalue weighted by Gasteiger charge is 2.33. The molecule has 3 rings (SSSR count). The smallest absolute Gasteiger partial charge is 0.271 e. The van der Waals surface area contributed by atoms with Crippen LogP contribution in [-0.2, 0) is 11.0 Å². The second kappa shape index (κ2) is 7.95. The van der Waals surface area contributed by atoms with Crippen molar-refractivity contribution in [3.63, 3.8) is 0 Å². The lowest BCUT2D eigenvalue weighted by Crippen LogP contribution is -2.50. The average Bonchev–Trinajstić information content (AvgIpc) is 3.16. The third-order valence-electron chi connectivity index (χ3n) is 4.34. The van der Waals surface area contributed by atoms with Crippen molar-refractivity contribution in [2.75, 3.05) is 0 Å². The molecule has 0 radical (unpaired) electrons. The summed E-state index contributed by atoms with van der Waals surface area (Å²) in [6.45, 7) is 1.29. The Morgan fingerprint density at radius 3 is 2.43 bits per heavy atom. The van der Waals surface area contributed by atoms with E-state index in [-0.39, 0.29) is 17.3 Å². The summed E-state index contributed by atoms with van der Waals surface area (Å²) < 4.78 is 37.9. The number of carbonyl (C=O) groups is 2. The van der Waals surface area contributed by atoms with Crippen LogP contribution in [0.4, 0.5) is 13.2 Å². The number of hydrazine groups is 2. The molecular formula is C18H18F3N5O2. The van der Waals surface area contributed by atoms with Crippen LogP contribution in [0.2, 0.25) is 0 Å². The van der Waals surface area contributed by atoms with Crippen molar-refractivity contribution in [3.8, 4) is 0 Å². The summed E-state index contributed by atoms with van der Waals surface area (Å²) >= 11 is 0. The van der Waals surface area contributed by atoms with Gasteiger partial charge in [-0.05, 0) is 31.0 Å². The van der Waals surface area contributed by atoms with E-state index in [2.05, 4.69) is 26.7 Å². The first-order chi connectivity index (χ1) is 13.3. The molecule has 0 aliphatic carbocycles. The van der Waals surface area contributed by atoms with Crippen LogP contribution in [0.5, 0.6) is 0 Å². The van der Waals surface area contributed by atoms with E-state index < -0.39 is 29.7 Å². The first kappa shape index (κ1) is 19.8. The van der Waals surface area contributed by atoms with E-state index >= 15 is 0 Å². The van der Waals surface area contributed by atoms with Gasteiger partial charge in [0.1, 0.15) is 11.7 Å². The lowest BCUT2D eigenvalue weighted by molar-refractivity contribution is -0.141. The number of carbonyl (C=O) groups excluding carboxylic acids is 2. The Labute approximate surface area is 158 Å². The van der Waals surface area contributed by atoms with Crippen LogP contribution in [0.25, 0.3) is 0 Å². The SMILES string of the molecule is Cc1nc(C(F)(F)F)ccc1C(=O)NNC(=O)C1CC(c2ccccc2)NN1. The molecule has 7 nitrogen and oxygen atoms in total. The summed E-state index contributed by atoms with van der Waals surface area (Å²) in [5.74, 6) is -1.23. The van der Waals surface area contributed by atoms with E-state index in [1.54, 1.807) is 0 Å². The predicted octanol–water partition coefficient (Wildman–Crippen LogP) is 1.78. The van der Waals surface area contributed by atoms with Crippen molar-refractivity contribution in [3.05, 3.63) is 65.0 Å². The Hall–Kier alpha value is -2.98. The van der Waals surface area contributed by atoms with Crippen LogP contribution in [0.1, 0.15) is 39.8 Å². The summed E-state index contributed by atoms with van der Waals surface area (Å²) in [7, 11) is 0. The standard InChI is InChI=1S/C18H18F3N5O2/c1-10-12(7-8-15(22-10)18(19,20)21)16(27)25-26-17(28)14-9-13(23-24-14)11-5-3-2-4-6-11/h2-8,13-14,23-24H,9H2,1H3,(H,25,27)(H,26,28). The number of pyridine rings is 1. The van der Waals surface area contributed by atoms with E-state index in [0.717, 1.165) is 17.7 Å². The molecule has 1 aliphatic rings. The predicted molar refractivity (Wildman–Crippen MR) is 93.4 cm³/mol. The molecule has 1 aromatic heterocycles. The molecule has 28 heavy (non-hydrogen) atoms. The molecule has 148 valence electrons. The van der Waals surface area contributed by atoms with Gasteiger partial charge in [-0.15, -0.1) is 0 Å². The Bertz CT molecular complexity index is 873. The highest BCUT2D eigenvalue weighted by Crippen LogP contribution is 2.28. The van der Waals surface area contributed by atoms with Crippen molar-refractivity contribution >= 4 is 11.8 Å². The first-order valence-electron chi connectivity index (χ1n) is 8.46. The maximum atomic E-state index is 12.6. The summed E-state index contributed by atoms with van der Waals surface area (Å²) in [6, 6.07) is 10.6. The average molecular weight is 393 g/mol. The summed E-state index contributed by atoms with van der Waals surface area (Å²) in [5, 5.41) is 0. The Morgan fingerprint density at radius 2 is 1.79 bits per heavy atom. The van der Waals surface area contributed by atoms with Crippen LogP contribution >= 0.6 is 0 Å². The van der Waals surface area contributed by atoms with Crippen molar-refractivity contribution in [2.45, 2.75) is 31.6 Å². The van der Waals surface area contributed by atoms with E-state index in [0.29, 0.717) is 6.42 Å². The number of aromatic nitrogens is 1. The van der Waals surface area contributed by atoms with E-state index in [1.165, 1.54) is 6.92 Å². The van der Waals surface area contributed by atoms with Gasteiger partial charge >= 0.3 is 6.18 Å². The summed E-state index contributed by atoms with van der Waals surface area (Å²) in [6.07, 6.45) is -4.13. The fraction of sp³-hybridized carbons (Fsp3) is 0.278. The first-order valence-corrected chi connectivity index (χ1v) is 8.46. The number of benzene rings is 1. The molecule has 1 aliphatic heterocycles. The number of aryl methyl sites for hydroxylation is 1. The molecule has 0 saturated carbocycles. The number of halogens is 3. The van der Waals surface area contributed by atoms with Crippen molar-refractivity contribution in [1.82, 2.24) is 26.7 Å². The van der Waals surface area contributed by atoms with Crippen molar-refractivity contribution in [1.29, 1.82) is 0 Å². The van der Waals surface area contributed by atoms with Crippen molar-refractivity contribution in [2.24, 2.45) is 0 Å². The van der Waals surface area contributed by atoms with Gasteiger partial charge in [-0.2, -0.15) is 13.2 Å². The lowest BCUT2D eigenvalue weighted by Gasteiger charge is -2.13. The number of alkyl halides is 3. The van der Waals surface area contributed by atoms with Gasteiger partial charge in [0.25, 0.3) is 11.8 Å². The van der Waals surface area contributed by atoms with Gasteiger partial charge < -0.3 is 0 Å². The van der Waals surface area contributed by atoms with Gasteiger partial charge in [0.05, 0.1) is 11.3 Å². The number of hydrogen-bond donors (Lipinski definition) is 4. The van der Waals surface area contributed by atoms with Gasteiger partial charge in [-0.25, -0.2) is 15.8 Å². The topological polar surface area (TPSA) is 95.2 Å². The Balaban J connectivity index is 1.56. The van der Waals surface area contributed by atoms with Crippen LogP contribution < -0.4 is 21.7 Å². The van der Waals surface area contributed by atoms with Crippen LogP contribution in [0.3, 0.4) is 0 Å². The van der Waals surface area contributed by atoms with Gasteiger partial charge in [0, 0.05) is 6.04 Å². The maximum absolute atomic E-state index is 12.6. The Morgan fingerprint density at radius 1 is 1.07 bits per heavy atom. The number of amides is 2. The summed E-state index contributed by atoms with van der Waals surface area (Å²) in [4.78, 5) is 27.8. The number of nitrogens with one attached hydrogen (secondary N) is 4. The molecule has 4 N–H and O–H groups in total. The van der Waals surface area contributed by atoms with Crippen LogP contribution in [0.15, 0.2) is 42.5 Å². The van der Waals surface area contributed by atoms with Gasteiger partial charge in [0.15, 0.2) is 0 Å². The van der Waals surface area contributed by atoms with Crippen LogP contribution in [-0.4, -0.2) is 22.8 Å². The second-order valence-electron chi connectivity index (χ2n) is 6.31. The minimum Gasteiger partial charge on any atom is -0.271 e. The molecule has 1 saturated heterocycles. The highest BCUT2D eigenvalue weighted by atomic mass is 19.4. The quantitative estimate of drug-likeness (QED) is 0.597. The van der Waals surface area contributed by atoms with Gasteiger partial charge in [-0.3, -0.25) is 20.4 Å². The third kappa shape index (κ3) is 4.46. The molecule has 2 amide bonds. The zero-order valence-electron chi connectivity index (χ0n) is 14.8. The zero-order chi connectivity index (χ0) is 20.3. The van der Waals surface area contributed by atoms with Crippen LogP contribution in [0, 0.1) is 6.92 Å². The third-order valence-corrected chi connectivity index (χ3v) is 4.34. The minimum absolute atomic E-state index is 0.0611. The minimum atomic E-state index is -4.59. The molecule has 2 aromatic rings. The summed E-state index contributed by atoms with van der Waals surface area (Å²) in [5.41, 5.74) is 10.1. The van der Waals surface area contributed by atoms with Gasteiger partial charge in [0.2, 0.25) is 0 Å². The number of hydrogen-bond acceptors (Lipinski definition) is 5. The molecule has 0 bridgehead atoms. The lowest BCUT2D eigenvalue weighted by atomic mass is 10.0. The zero-order valence-corrected chi connectivity index (χ0v) is 14.8. The molecule has 2 atom stereocenters. The van der Waals surface area contributed by atoms with Gasteiger partial charge in [-0.1, -0.05) is 30.3 Å². The fourth-order valence-corrected chi connectivity index (χ4v) is 2.86. The van der Waals surface area contributed by atoms with Crippen molar-refractivity contribution < 1.29 is 22.8 Å². The molecule has 1 fully saturated rings. The molecule has 0 spiro atoms. The second-order valence-corrected chi connectivity index (χ2v) is 6.31. The molecule has 2 heterocycles. The molecule has 2 unspecified atom stereocenters. The van der Waals surface area contributed by atoms with E-state index in [1.807, 2.05) is 30.3 Å². The molecule has 10 heteroatoms. The largest absolute Gasteiger partial charge is 0.433 e. The monoisotopic (exact) mass is 393 g/mol. The van der Waals surface area contributed by atoms with E-state index in [9.17, 15) is 22.8 Å².